The van der Waals surface area contributed by atoms with E-state index in [0.29, 0.717) is 17.6 Å². The Morgan fingerprint density at radius 2 is 2.33 bits per heavy atom. The zero-order valence-corrected chi connectivity index (χ0v) is 9.24. The van der Waals surface area contributed by atoms with Gasteiger partial charge in [-0.05, 0) is 54.8 Å². The molecule has 2 unspecified atom stereocenters. The highest BCUT2D eigenvalue weighted by atomic mass is 16.3. The number of rotatable bonds is 2. The molecule has 0 saturated heterocycles. The summed E-state index contributed by atoms with van der Waals surface area (Å²) in [5.74, 6) is 1.65. The van der Waals surface area contributed by atoms with Crippen molar-refractivity contribution in [1.82, 2.24) is 0 Å². The number of phenolic OH excluding ortho intramolecular Hbond substituents is 1. The van der Waals surface area contributed by atoms with Crippen LogP contribution in [0.3, 0.4) is 0 Å². The number of phenols is 1. The number of hydrogen-bond acceptors (Lipinski definition) is 2. The van der Waals surface area contributed by atoms with Crippen LogP contribution in [0.5, 0.6) is 5.75 Å². The maximum Gasteiger partial charge on any atom is 0.119 e. The lowest BCUT2D eigenvalue weighted by Gasteiger charge is -2.29. The summed E-state index contributed by atoms with van der Waals surface area (Å²) in [6, 6.07) is 5.84. The lowest BCUT2D eigenvalue weighted by atomic mass is 9.77. The zero-order chi connectivity index (χ0) is 10.8. The Hall–Kier alpha value is -1.02. The van der Waals surface area contributed by atoms with Crippen molar-refractivity contribution < 1.29 is 5.11 Å². The van der Waals surface area contributed by atoms with Gasteiger partial charge in [0.05, 0.1) is 0 Å². The third-order valence-electron chi connectivity index (χ3n) is 3.68. The second kappa shape index (κ2) is 4.23. The minimum atomic E-state index is 0.460. The summed E-state index contributed by atoms with van der Waals surface area (Å²) in [6.07, 6.45) is 3.27. The van der Waals surface area contributed by atoms with Crippen molar-refractivity contribution in [2.75, 3.05) is 6.54 Å². The number of fused-ring (bicyclic) bond motifs is 1. The van der Waals surface area contributed by atoms with Crippen molar-refractivity contribution in [1.29, 1.82) is 0 Å². The highest BCUT2D eigenvalue weighted by Crippen LogP contribution is 2.34. The molecule has 82 valence electrons. The molecule has 0 radical (unpaired) electrons. The van der Waals surface area contributed by atoms with E-state index in [0.717, 1.165) is 24.9 Å². The fourth-order valence-corrected chi connectivity index (χ4v) is 2.47. The number of benzene rings is 1. The fourth-order valence-electron chi connectivity index (χ4n) is 2.47. The molecule has 1 aliphatic carbocycles. The largest absolute Gasteiger partial charge is 0.508 e. The van der Waals surface area contributed by atoms with Gasteiger partial charge in [-0.1, -0.05) is 19.1 Å². The van der Waals surface area contributed by atoms with Gasteiger partial charge in [0.25, 0.3) is 0 Å². The van der Waals surface area contributed by atoms with E-state index >= 15 is 0 Å². The molecule has 0 heterocycles. The Bertz CT molecular complexity index is 348. The van der Waals surface area contributed by atoms with Crippen LogP contribution >= 0.6 is 0 Å². The highest BCUT2D eigenvalue weighted by Gasteiger charge is 2.24. The van der Waals surface area contributed by atoms with Crippen molar-refractivity contribution in [3.8, 4) is 5.75 Å². The van der Waals surface area contributed by atoms with E-state index in [4.69, 9.17) is 5.73 Å². The van der Waals surface area contributed by atoms with E-state index in [-0.39, 0.29) is 0 Å². The molecule has 0 aromatic heterocycles. The molecule has 2 heteroatoms. The van der Waals surface area contributed by atoms with Gasteiger partial charge in [0.2, 0.25) is 0 Å². The van der Waals surface area contributed by atoms with E-state index in [1.807, 2.05) is 6.07 Å². The Kier molecular flexibility index (Phi) is 2.96. The zero-order valence-electron chi connectivity index (χ0n) is 9.24. The first-order valence-electron chi connectivity index (χ1n) is 5.72. The number of aromatic hydroxyl groups is 1. The van der Waals surface area contributed by atoms with Gasteiger partial charge < -0.3 is 10.8 Å². The maximum absolute atomic E-state index is 9.80. The molecule has 2 rings (SSSR count). The van der Waals surface area contributed by atoms with Crippen molar-refractivity contribution in [3.05, 3.63) is 29.3 Å². The molecular weight excluding hydrogens is 186 g/mol. The summed E-state index contributed by atoms with van der Waals surface area (Å²) in [7, 11) is 0. The lowest BCUT2D eigenvalue weighted by molar-refractivity contribution is 0.321. The Morgan fingerprint density at radius 1 is 1.53 bits per heavy atom. The van der Waals surface area contributed by atoms with Crippen LogP contribution in [0.2, 0.25) is 0 Å². The monoisotopic (exact) mass is 205 g/mol. The first-order valence-corrected chi connectivity index (χ1v) is 5.72. The van der Waals surface area contributed by atoms with Gasteiger partial charge in [0.15, 0.2) is 0 Å². The van der Waals surface area contributed by atoms with Gasteiger partial charge in [0.1, 0.15) is 5.75 Å². The average Bonchev–Trinajstić information content (AvgIpc) is 2.28. The molecule has 0 fully saturated rings. The van der Waals surface area contributed by atoms with Gasteiger partial charge in [0, 0.05) is 0 Å². The predicted octanol–water partition coefficient (Wildman–Crippen LogP) is 2.09. The van der Waals surface area contributed by atoms with Gasteiger partial charge in [-0.2, -0.15) is 0 Å². The SMILES string of the molecule is CC(CN)C1CCc2cccc(O)c2C1. The maximum atomic E-state index is 9.80. The van der Waals surface area contributed by atoms with Gasteiger partial charge in [-0.25, -0.2) is 0 Å². The van der Waals surface area contributed by atoms with Crippen LogP contribution in [0, 0.1) is 11.8 Å². The number of hydrogen-bond donors (Lipinski definition) is 2. The van der Waals surface area contributed by atoms with Gasteiger partial charge in [-0.3, -0.25) is 0 Å². The minimum absolute atomic E-state index is 0.460. The highest BCUT2D eigenvalue weighted by molar-refractivity contribution is 5.41. The van der Waals surface area contributed by atoms with Crippen LogP contribution < -0.4 is 5.73 Å². The molecule has 15 heavy (non-hydrogen) atoms. The summed E-state index contributed by atoms with van der Waals surface area (Å²) >= 11 is 0. The molecule has 2 nitrogen and oxygen atoms in total. The number of nitrogens with two attached hydrogens (primary N) is 1. The molecule has 1 aliphatic rings. The molecule has 0 saturated carbocycles. The van der Waals surface area contributed by atoms with Crippen molar-refractivity contribution in [3.63, 3.8) is 0 Å². The van der Waals surface area contributed by atoms with E-state index in [9.17, 15) is 5.11 Å². The summed E-state index contributed by atoms with van der Waals surface area (Å²) in [6.45, 7) is 2.95. The van der Waals surface area contributed by atoms with Crippen LogP contribution in [0.1, 0.15) is 24.5 Å². The molecule has 1 aromatic rings. The molecule has 0 amide bonds. The smallest absolute Gasteiger partial charge is 0.119 e. The fraction of sp³-hybridized carbons (Fsp3) is 0.538. The third-order valence-corrected chi connectivity index (χ3v) is 3.68. The lowest BCUT2D eigenvalue weighted by Crippen LogP contribution is -2.26. The molecule has 2 atom stereocenters. The quantitative estimate of drug-likeness (QED) is 0.776. The van der Waals surface area contributed by atoms with Gasteiger partial charge >= 0.3 is 0 Å². The molecule has 0 aliphatic heterocycles. The summed E-state index contributed by atoms with van der Waals surface area (Å²) in [5.41, 5.74) is 8.16. The average molecular weight is 205 g/mol. The predicted molar refractivity (Wildman–Crippen MR) is 61.8 cm³/mol. The van der Waals surface area contributed by atoms with Gasteiger partial charge in [-0.15, -0.1) is 0 Å². The summed E-state index contributed by atoms with van der Waals surface area (Å²) < 4.78 is 0. The van der Waals surface area contributed by atoms with Crippen LogP contribution in [0.15, 0.2) is 18.2 Å². The molecule has 0 bridgehead atoms. The molecule has 0 spiro atoms. The van der Waals surface area contributed by atoms with E-state index in [2.05, 4.69) is 13.0 Å². The summed E-state index contributed by atoms with van der Waals surface area (Å²) in [5, 5.41) is 9.80. The third kappa shape index (κ3) is 2.00. The van der Waals surface area contributed by atoms with Crippen LogP contribution in [0.4, 0.5) is 0 Å². The first-order chi connectivity index (χ1) is 7.22. The molecule has 1 aromatic carbocycles. The molecular formula is C13H19NO. The van der Waals surface area contributed by atoms with Crippen molar-refractivity contribution >= 4 is 0 Å². The normalized spacial score (nSPS) is 22.1. The molecule has 3 N–H and O–H groups in total. The number of aryl methyl sites for hydroxylation is 1. The van der Waals surface area contributed by atoms with Crippen LogP contribution in [-0.2, 0) is 12.8 Å². The Morgan fingerprint density at radius 3 is 3.07 bits per heavy atom. The van der Waals surface area contributed by atoms with E-state index in [1.165, 1.54) is 12.0 Å². The van der Waals surface area contributed by atoms with E-state index < -0.39 is 0 Å². The van der Waals surface area contributed by atoms with Crippen molar-refractivity contribution in [2.45, 2.75) is 26.2 Å². The summed E-state index contributed by atoms with van der Waals surface area (Å²) in [4.78, 5) is 0. The topological polar surface area (TPSA) is 46.2 Å². The van der Waals surface area contributed by atoms with Crippen LogP contribution in [0.25, 0.3) is 0 Å². The Labute approximate surface area is 91.1 Å². The van der Waals surface area contributed by atoms with E-state index in [1.54, 1.807) is 6.07 Å². The van der Waals surface area contributed by atoms with Crippen molar-refractivity contribution in [2.24, 2.45) is 17.6 Å². The Balaban J connectivity index is 2.22. The first kappa shape index (κ1) is 10.5. The second-order valence-electron chi connectivity index (χ2n) is 4.63. The van der Waals surface area contributed by atoms with Crippen LogP contribution in [-0.4, -0.2) is 11.7 Å². The second-order valence-corrected chi connectivity index (χ2v) is 4.63. The standard InChI is InChI=1S/C13H19NO/c1-9(8-14)11-6-5-10-3-2-4-13(15)12(10)7-11/h2-4,9,11,15H,5-8,14H2,1H3. The minimum Gasteiger partial charge on any atom is -0.508 e.